The van der Waals surface area contributed by atoms with Crippen LogP contribution in [0.25, 0.3) is 11.6 Å². The topological polar surface area (TPSA) is 55.6 Å². The van der Waals surface area contributed by atoms with E-state index in [-0.39, 0.29) is 0 Å². The van der Waals surface area contributed by atoms with Gasteiger partial charge in [0.25, 0.3) is 0 Å². The molecule has 0 saturated carbocycles. The average molecular weight is 271 g/mol. The highest BCUT2D eigenvalue weighted by Gasteiger charge is 2.20. The minimum atomic E-state index is 0.396. The van der Waals surface area contributed by atoms with Crippen LogP contribution in [-0.2, 0) is 13.5 Å². The number of aromatic nitrogens is 4. The van der Waals surface area contributed by atoms with E-state index in [1.165, 1.54) is 30.5 Å². The molecule has 106 valence electrons. The lowest BCUT2D eigenvalue weighted by Crippen LogP contribution is -2.21. The number of aryl methyl sites for hydroxylation is 2. The van der Waals surface area contributed by atoms with Crippen molar-refractivity contribution < 1.29 is 0 Å². The Kier molecular flexibility index (Phi) is 3.78. The van der Waals surface area contributed by atoms with Crippen molar-refractivity contribution in [1.29, 1.82) is 0 Å². The second-order valence-electron chi connectivity index (χ2n) is 5.31. The number of nitrogens with zero attached hydrogens (tertiary/aromatic N) is 4. The molecular weight excluding hydrogens is 250 g/mol. The third kappa shape index (κ3) is 2.45. The van der Waals surface area contributed by atoms with Gasteiger partial charge in [0.05, 0.1) is 0 Å². The molecule has 1 N–H and O–H groups in total. The van der Waals surface area contributed by atoms with Crippen molar-refractivity contribution in [1.82, 2.24) is 24.8 Å². The lowest BCUT2D eigenvalue weighted by Gasteiger charge is -2.17. The van der Waals surface area contributed by atoms with E-state index in [0.29, 0.717) is 6.04 Å². The molecule has 3 rings (SSSR count). The van der Waals surface area contributed by atoms with Gasteiger partial charge in [-0.1, -0.05) is 13.3 Å². The summed E-state index contributed by atoms with van der Waals surface area (Å²) in [5, 5.41) is 3.55. The molecule has 2 aromatic heterocycles. The van der Waals surface area contributed by atoms with E-state index in [1.54, 1.807) is 6.20 Å². The number of fused-ring (bicyclic) bond motifs is 1. The first-order valence-corrected chi connectivity index (χ1v) is 7.36. The molecule has 0 amide bonds. The Hall–Kier alpha value is -1.75. The standard InChI is InChI=1S/C15H21N5/c1-3-16-12-6-4-5-7-13-11(12)10-18-14(19-13)15-17-8-9-20(15)2/h8-10,12,16H,3-7H2,1-2H3. The lowest BCUT2D eigenvalue weighted by atomic mass is 10.1. The van der Waals surface area contributed by atoms with Crippen LogP contribution in [0.15, 0.2) is 18.6 Å². The SMILES string of the molecule is CCNC1CCCCc2nc(-c3nccn3C)ncc21. The fourth-order valence-corrected chi connectivity index (χ4v) is 2.86. The van der Waals surface area contributed by atoms with E-state index in [9.17, 15) is 0 Å². The van der Waals surface area contributed by atoms with Gasteiger partial charge < -0.3 is 9.88 Å². The predicted molar refractivity (Wildman–Crippen MR) is 78.2 cm³/mol. The fraction of sp³-hybridized carbons (Fsp3) is 0.533. The molecule has 1 atom stereocenters. The van der Waals surface area contributed by atoms with Crippen LogP contribution in [0.5, 0.6) is 0 Å². The van der Waals surface area contributed by atoms with Crippen molar-refractivity contribution in [2.75, 3.05) is 6.54 Å². The molecule has 1 unspecified atom stereocenters. The minimum absolute atomic E-state index is 0.396. The molecule has 1 aliphatic carbocycles. The van der Waals surface area contributed by atoms with Crippen LogP contribution in [0.4, 0.5) is 0 Å². The summed E-state index contributed by atoms with van der Waals surface area (Å²) in [4.78, 5) is 13.6. The van der Waals surface area contributed by atoms with Crippen LogP contribution < -0.4 is 5.32 Å². The molecule has 2 heterocycles. The Bertz CT molecular complexity index is 590. The fourth-order valence-electron chi connectivity index (χ4n) is 2.86. The first-order valence-electron chi connectivity index (χ1n) is 7.36. The largest absolute Gasteiger partial charge is 0.331 e. The van der Waals surface area contributed by atoms with E-state index in [2.05, 4.69) is 22.2 Å². The first kappa shape index (κ1) is 13.2. The molecule has 20 heavy (non-hydrogen) atoms. The molecule has 0 bridgehead atoms. The normalized spacial score (nSPS) is 18.6. The summed E-state index contributed by atoms with van der Waals surface area (Å²) in [7, 11) is 1.97. The Morgan fingerprint density at radius 3 is 3.00 bits per heavy atom. The first-order chi connectivity index (χ1) is 9.79. The number of rotatable bonds is 3. The summed E-state index contributed by atoms with van der Waals surface area (Å²) in [5.74, 6) is 1.56. The summed E-state index contributed by atoms with van der Waals surface area (Å²) < 4.78 is 1.96. The van der Waals surface area contributed by atoms with Crippen molar-refractivity contribution in [3.05, 3.63) is 29.8 Å². The number of hydrogen-bond acceptors (Lipinski definition) is 4. The van der Waals surface area contributed by atoms with Gasteiger partial charge in [-0.2, -0.15) is 0 Å². The van der Waals surface area contributed by atoms with E-state index < -0.39 is 0 Å². The van der Waals surface area contributed by atoms with E-state index in [4.69, 9.17) is 4.98 Å². The molecular formula is C15H21N5. The van der Waals surface area contributed by atoms with Crippen molar-refractivity contribution in [2.45, 2.75) is 38.6 Å². The van der Waals surface area contributed by atoms with Gasteiger partial charge in [-0.25, -0.2) is 15.0 Å². The van der Waals surface area contributed by atoms with E-state index in [1.807, 2.05) is 24.0 Å². The van der Waals surface area contributed by atoms with Crippen LogP contribution in [0, 0.1) is 0 Å². The monoisotopic (exact) mass is 271 g/mol. The second kappa shape index (κ2) is 5.71. The van der Waals surface area contributed by atoms with E-state index >= 15 is 0 Å². The van der Waals surface area contributed by atoms with Crippen LogP contribution in [-0.4, -0.2) is 26.1 Å². The maximum absolute atomic E-state index is 4.77. The Morgan fingerprint density at radius 2 is 2.25 bits per heavy atom. The molecule has 0 fully saturated rings. The van der Waals surface area contributed by atoms with Crippen molar-refractivity contribution in [2.24, 2.45) is 7.05 Å². The molecule has 5 heteroatoms. The zero-order chi connectivity index (χ0) is 13.9. The molecule has 5 nitrogen and oxygen atoms in total. The molecule has 0 aromatic carbocycles. The summed E-state index contributed by atoms with van der Waals surface area (Å²) >= 11 is 0. The molecule has 0 saturated heterocycles. The number of nitrogens with one attached hydrogen (secondary N) is 1. The third-order valence-electron chi connectivity index (χ3n) is 3.90. The maximum Gasteiger partial charge on any atom is 0.196 e. The molecule has 1 aliphatic rings. The third-order valence-corrected chi connectivity index (χ3v) is 3.90. The van der Waals surface area contributed by atoms with Gasteiger partial charge in [0.15, 0.2) is 11.6 Å². The van der Waals surface area contributed by atoms with Crippen LogP contribution in [0.1, 0.15) is 43.5 Å². The average Bonchev–Trinajstić information content (AvgIpc) is 2.78. The summed E-state index contributed by atoms with van der Waals surface area (Å²) in [6, 6.07) is 0.396. The Balaban J connectivity index is 1.99. The molecule has 0 radical (unpaired) electrons. The zero-order valence-corrected chi connectivity index (χ0v) is 12.1. The van der Waals surface area contributed by atoms with E-state index in [0.717, 1.165) is 24.6 Å². The maximum atomic E-state index is 4.77. The lowest BCUT2D eigenvalue weighted by molar-refractivity contribution is 0.502. The van der Waals surface area contributed by atoms with Gasteiger partial charge in [0, 0.05) is 42.9 Å². The smallest absolute Gasteiger partial charge is 0.196 e. The highest BCUT2D eigenvalue weighted by atomic mass is 15.1. The van der Waals surface area contributed by atoms with Crippen LogP contribution >= 0.6 is 0 Å². The van der Waals surface area contributed by atoms with Crippen molar-refractivity contribution in [3.8, 4) is 11.6 Å². The van der Waals surface area contributed by atoms with Crippen molar-refractivity contribution in [3.63, 3.8) is 0 Å². The van der Waals surface area contributed by atoms with Gasteiger partial charge in [0.2, 0.25) is 0 Å². The number of imidazole rings is 1. The van der Waals surface area contributed by atoms with Gasteiger partial charge in [-0.15, -0.1) is 0 Å². The van der Waals surface area contributed by atoms with Gasteiger partial charge in [-0.05, 0) is 25.8 Å². The highest BCUT2D eigenvalue weighted by molar-refractivity contribution is 5.45. The van der Waals surface area contributed by atoms with Crippen molar-refractivity contribution >= 4 is 0 Å². The second-order valence-corrected chi connectivity index (χ2v) is 5.31. The molecule has 2 aromatic rings. The van der Waals surface area contributed by atoms with Crippen LogP contribution in [0.2, 0.25) is 0 Å². The molecule has 0 spiro atoms. The molecule has 0 aliphatic heterocycles. The summed E-state index contributed by atoms with van der Waals surface area (Å²) in [5.41, 5.74) is 2.45. The van der Waals surface area contributed by atoms with Gasteiger partial charge in [-0.3, -0.25) is 0 Å². The zero-order valence-electron chi connectivity index (χ0n) is 12.1. The van der Waals surface area contributed by atoms with Gasteiger partial charge in [0.1, 0.15) is 0 Å². The predicted octanol–water partition coefficient (Wildman–Crippen LogP) is 2.25. The highest BCUT2D eigenvalue weighted by Crippen LogP contribution is 2.28. The summed E-state index contributed by atoms with van der Waals surface area (Å²) in [6.07, 6.45) is 10.4. The van der Waals surface area contributed by atoms with Crippen LogP contribution in [0.3, 0.4) is 0 Å². The van der Waals surface area contributed by atoms with Gasteiger partial charge >= 0.3 is 0 Å². The Labute approximate surface area is 119 Å². The number of hydrogen-bond donors (Lipinski definition) is 1. The quantitative estimate of drug-likeness (QED) is 0.870. The summed E-state index contributed by atoms with van der Waals surface area (Å²) in [6.45, 7) is 3.12. The minimum Gasteiger partial charge on any atom is -0.331 e. The Morgan fingerprint density at radius 1 is 1.35 bits per heavy atom.